The molecule has 1 heterocycles. The number of carbonyl (C=O) groups excluding carboxylic acids is 1. The number of fused-ring (bicyclic) bond motifs is 1. The van der Waals surface area contributed by atoms with E-state index in [4.69, 9.17) is 9.72 Å². The van der Waals surface area contributed by atoms with Crippen LogP contribution in [0.4, 0.5) is 0 Å². The van der Waals surface area contributed by atoms with Gasteiger partial charge in [-0.05, 0) is 62.4 Å². The molecule has 1 aliphatic rings. The van der Waals surface area contributed by atoms with Crippen molar-refractivity contribution in [3.8, 4) is 11.4 Å². The second-order valence-electron chi connectivity index (χ2n) is 9.49. The summed E-state index contributed by atoms with van der Waals surface area (Å²) in [4.78, 5) is 34.1. The van der Waals surface area contributed by atoms with E-state index >= 15 is 0 Å². The largest absolute Gasteiger partial charge is 0.495 e. The molecule has 1 atom stereocenters. The molecular weight excluding hydrogens is 414 g/mol. The van der Waals surface area contributed by atoms with Gasteiger partial charge in [0.05, 0.1) is 29.7 Å². The van der Waals surface area contributed by atoms with Gasteiger partial charge in [0.15, 0.2) is 0 Å². The maximum Gasteiger partial charge on any atom is 0.266 e. The van der Waals surface area contributed by atoms with Crippen LogP contribution in [-0.4, -0.2) is 34.0 Å². The molecule has 0 aliphatic heterocycles. The second kappa shape index (κ2) is 9.38. The summed E-state index contributed by atoms with van der Waals surface area (Å²) in [6.45, 7) is 8.80. The molecule has 1 amide bonds. The predicted molar refractivity (Wildman–Crippen MR) is 131 cm³/mol. The van der Waals surface area contributed by atoms with Gasteiger partial charge in [-0.2, -0.15) is 0 Å². The summed E-state index contributed by atoms with van der Waals surface area (Å²) in [5.41, 5.74) is 2.12. The molecule has 0 N–H and O–H groups in total. The van der Waals surface area contributed by atoms with Crippen LogP contribution in [0.15, 0.2) is 47.3 Å². The van der Waals surface area contributed by atoms with Crippen molar-refractivity contribution >= 4 is 16.8 Å². The standard InChI is InChI=1S/C27H33N3O3/c1-17(2)16-29(26(31)20-9-8-10-20)19(4)25-28-22-12-7-6-11-21(22)27(32)30(25)23-15-18(3)13-14-24(23)33-5/h6-7,11-15,17,19-20H,8-10,16H2,1-5H3. The maximum atomic E-state index is 13.8. The average molecular weight is 448 g/mol. The molecule has 33 heavy (non-hydrogen) atoms. The Kier molecular flexibility index (Phi) is 6.54. The topological polar surface area (TPSA) is 64.4 Å². The van der Waals surface area contributed by atoms with Crippen LogP contribution >= 0.6 is 0 Å². The quantitative estimate of drug-likeness (QED) is 0.508. The van der Waals surface area contributed by atoms with E-state index in [1.165, 1.54) is 0 Å². The number of rotatable bonds is 7. The SMILES string of the molecule is COc1ccc(C)cc1-n1c(C(C)N(CC(C)C)C(=O)C2CCC2)nc2ccccc2c1=O. The lowest BCUT2D eigenvalue weighted by Gasteiger charge is -2.37. The Balaban J connectivity index is 1.95. The summed E-state index contributed by atoms with van der Waals surface area (Å²) < 4.78 is 7.26. The molecule has 0 bridgehead atoms. The third-order valence-corrected chi connectivity index (χ3v) is 6.52. The van der Waals surface area contributed by atoms with E-state index in [-0.39, 0.29) is 23.4 Å². The van der Waals surface area contributed by atoms with Crippen molar-refractivity contribution in [2.45, 2.75) is 53.0 Å². The van der Waals surface area contributed by atoms with Gasteiger partial charge in [-0.25, -0.2) is 4.98 Å². The molecule has 1 fully saturated rings. The normalized spacial score (nSPS) is 14.8. The van der Waals surface area contributed by atoms with Gasteiger partial charge in [0.25, 0.3) is 5.56 Å². The number of carbonyl (C=O) groups is 1. The molecule has 1 saturated carbocycles. The number of aromatic nitrogens is 2. The molecule has 3 aromatic rings. The molecule has 1 aliphatic carbocycles. The fourth-order valence-electron chi connectivity index (χ4n) is 4.50. The van der Waals surface area contributed by atoms with Gasteiger partial charge in [0, 0.05) is 12.5 Å². The van der Waals surface area contributed by atoms with Crippen molar-refractivity contribution < 1.29 is 9.53 Å². The number of amides is 1. The van der Waals surface area contributed by atoms with Crippen molar-refractivity contribution in [3.63, 3.8) is 0 Å². The zero-order valence-corrected chi connectivity index (χ0v) is 20.2. The lowest BCUT2D eigenvalue weighted by Crippen LogP contribution is -2.44. The molecule has 174 valence electrons. The molecule has 0 radical (unpaired) electrons. The fraction of sp³-hybridized carbons (Fsp3) is 0.444. The Labute approximate surface area is 195 Å². The first-order chi connectivity index (χ1) is 15.8. The van der Waals surface area contributed by atoms with Crippen molar-refractivity contribution in [1.82, 2.24) is 14.5 Å². The van der Waals surface area contributed by atoms with Crippen molar-refractivity contribution in [2.24, 2.45) is 11.8 Å². The highest BCUT2D eigenvalue weighted by molar-refractivity contribution is 5.81. The Morgan fingerprint density at radius 2 is 1.91 bits per heavy atom. The van der Waals surface area contributed by atoms with E-state index < -0.39 is 0 Å². The molecule has 0 saturated heterocycles. The Morgan fingerprint density at radius 1 is 1.18 bits per heavy atom. The molecule has 0 spiro atoms. The van der Waals surface area contributed by atoms with Gasteiger partial charge in [-0.3, -0.25) is 14.2 Å². The van der Waals surface area contributed by atoms with Gasteiger partial charge in [-0.15, -0.1) is 0 Å². The second-order valence-corrected chi connectivity index (χ2v) is 9.49. The van der Waals surface area contributed by atoms with Crippen molar-refractivity contribution in [2.75, 3.05) is 13.7 Å². The van der Waals surface area contributed by atoms with E-state index in [1.807, 2.05) is 55.1 Å². The fourth-order valence-corrected chi connectivity index (χ4v) is 4.50. The molecule has 1 unspecified atom stereocenters. The van der Waals surface area contributed by atoms with Crippen LogP contribution in [0.1, 0.15) is 57.5 Å². The smallest absolute Gasteiger partial charge is 0.266 e. The van der Waals surface area contributed by atoms with Gasteiger partial charge >= 0.3 is 0 Å². The predicted octanol–water partition coefficient (Wildman–Crippen LogP) is 5.05. The number of aryl methyl sites for hydroxylation is 1. The van der Waals surface area contributed by atoms with Gasteiger partial charge in [0.1, 0.15) is 11.6 Å². The van der Waals surface area contributed by atoms with Crippen molar-refractivity contribution in [3.05, 3.63) is 64.2 Å². The number of hydrogen-bond acceptors (Lipinski definition) is 4. The lowest BCUT2D eigenvalue weighted by atomic mass is 9.84. The Morgan fingerprint density at radius 3 is 2.55 bits per heavy atom. The van der Waals surface area contributed by atoms with Crippen molar-refractivity contribution in [1.29, 1.82) is 0 Å². The summed E-state index contributed by atoms with van der Waals surface area (Å²) in [6, 6.07) is 12.8. The maximum absolute atomic E-state index is 13.8. The lowest BCUT2D eigenvalue weighted by molar-refractivity contribution is -0.141. The Bertz CT molecular complexity index is 1230. The van der Waals surface area contributed by atoms with Crippen LogP contribution in [-0.2, 0) is 4.79 Å². The summed E-state index contributed by atoms with van der Waals surface area (Å²) in [5, 5.41) is 0.540. The zero-order chi connectivity index (χ0) is 23.7. The van der Waals surface area contributed by atoms with E-state index in [0.29, 0.717) is 40.6 Å². The van der Waals surface area contributed by atoms with E-state index in [0.717, 1.165) is 24.8 Å². The number of ether oxygens (including phenoxy) is 1. The molecule has 6 heteroatoms. The first-order valence-corrected chi connectivity index (χ1v) is 11.8. The number of methoxy groups -OCH3 is 1. The number of para-hydroxylation sites is 1. The highest BCUT2D eigenvalue weighted by Crippen LogP contribution is 2.33. The highest BCUT2D eigenvalue weighted by Gasteiger charge is 2.34. The minimum atomic E-state index is -0.372. The third kappa shape index (κ3) is 4.39. The third-order valence-electron chi connectivity index (χ3n) is 6.52. The van der Waals surface area contributed by atoms with Crippen LogP contribution in [0.3, 0.4) is 0 Å². The van der Waals surface area contributed by atoms with E-state index in [9.17, 15) is 9.59 Å². The van der Waals surface area contributed by atoms with Crippen LogP contribution in [0.25, 0.3) is 16.6 Å². The minimum absolute atomic E-state index is 0.0698. The first kappa shape index (κ1) is 23.0. The van der Waals surface area contributed by atoms with Crippen LogP contribution in [0.2, 0.25) is 0 Å². The molecule has 4 rings (SSSR count). The summed E-state index contributed by atoms with van der Waals surface area (Å²) >= 11 is 0. The van der Waals surface area contributed by atoms with Crippen LogP contribution in [0, 0.1) is 18.8 Å². The van der Waals surface area contributed by atoms with Gasteiger partial charge < -0.3 is 9.64 Å². The summed E-state index contributed by atoms with van der Waals surface area (Å²) in [6.07, 6.45) is 2.97. The minimum Gasteiger partial charge on any atom is -0.495 e. The zero-order valence-electron chi connectivity index (χ0n) is 20.2. The van der Waals surface area contributed by atoms with Crippen LogP contribution < -0.4 is 10.3 Å². The number of benzene rings is 2. The summed E-state index contributed by atoms with van der Waals surface area (Å²) in [5.74, 6) is 1.67. The first-order valence-electron chi connectivity index (χ1n) is 11.8. The molecule has 6 nitrogen and oxygen atoms in total. The van der Waals surface area contributed by atoms with Gasteiger partial charge in [0.2, 0.25) is 5.91 Å². The Hall–Kier alpha value is -3.15. The molecular formula is C27H33N3O3. The molecule has 1 aromatic heterocycles. The number of nitrogens with zero attached hydrogens (tertiary/aromatic N) is 3. The van der Waals surface area contributed by atoms with Crippen LogP contribution in [0.5, 0.6) is 5.75 Å². The number of hydrogen-bond donors (Lipinski definition) is 0. The summed E-state index contributed by atoms with van der Waals surface area (Å²) in [7, 11) is 1.60. The average Bonchev–Trinajstić information content (AvgIpc) is 2.75. The molecule has 2 aromatic carbocycles. The highest BCUT2D eigenvalue weighted by atomic mass is 16.5. The van der Waals surface area contributed by atoms with E-state index in [2.05, 4.69) is 13.8 Å². The van der Waals surface area contributed by atoms with Gasteiger partial charge in [-0.1, -0.05) is 38.5 Å². The monoisotopic (exact) mass is 447 g/mol. The van der Waals surface area contributed by atoms with E-state index in [1.54, 1.807) is 17.7 Å².